The van der Waals surface area contributed by atoms with E-state index in [2.05, 4.69) is 0 Å². The number of ether oxygens (including phenoxy) is 5. The third-order valence-corrected chi connectivity index (χ3v) is 9.15. The molecule has 176 valence electrons. The van der Waals surface area contributed by atoms with E-state index in [1.54, 1.807) is 33.7 Å². The summed E-state index contributed by atoms with van der Waals surface area (Å²) >= 11 is 0. The number of fused-ring (bicyclic) bond motifs is 3. The lowest BCUT2D eigenvalue weighted by Crippen LogP contribution is -2.33. The van der Waals surface area contributed by atoms with E-state index in [0.717, 1.165) is 16.7 Å². The van der Waals surface area contributed by atoms with Gasteiger partial charge in [-0.15, -0.1) is 0 Å². The van der Waals surface area contributed by atoms with Gasteiger partial charge in [0.1, 0.15) is 0 Å². The molecule has 8 nitrogen and oxygen atoms in total. The molecular formula is C23H24O8S2. The number of carbonyl (C=O) groups is 1. The molecule has 1 fully saturated rings. The highest BCUT2D eigenvalue weighted by Crippen LogP contribution is 2.60. The van der Waals surface area contributed by atoms with Crippen LogP contribution in [0.3, 0.4) is 0 Å². The summed E-state index contributed by atoms with van der Waals surface area (Å²) < 4.78 is 27.6. The summed E-state index contributed by atoms with van der Waals surface area (Å²) in [6.07, 6.45) is 0. The number of cyclic esters (lactones) is 1. The number of esters is 1. The number of benzene rings is 2. The molecule has 0 aromatic heterocycles. The zero-order valence-corrected chi connectivity index (χ0v) is 19.7. The molecule has 2 aromatic carbocycles. The van der Waals surface area contributed by atoms with E-state index in [1.165, 1.54) is 14.2 Å². The van der Waals surface area contributed by atoms with E-state index in [1.807, 2.05) is 12.1 Å². The smallest absolute Gasteiger partial charge is 0.310 e. The van der Waals surface area contributed by atoms with Crippen LogP contribution in [-0.4, -0.2) is 56.2 Å². The lowest BCUT2D eigenvalue weighted by atomic mass is 9.67. The van der Waals surface area contributed by atoms with E-state index in [9.17, 15) is 15.0 Å². The predicted octanol–water partition coefficient (Wildman–Crippen LogP) is 3.49. The number of hydrogen-bond acceptors (Lipinski definition) is 10. The maximum absolute atomic E-state index is 13.0. The molecule has 0 spiro atoms. The molecule has 2 N–H and O–H groups in total. The molecule has 0 amide bonds. The van der Waals surface area contributed by atoms with E-state index in [-0.39, 0.29) is 53.7 Å². The first-order valence-corrected chi connectivity index (χ1v) is 12.9. The van der Waals surface area contributed by atoms with Crippen molar-refractivity contribution >= 4 is 27.6 Å². The monoisotopic (exact) mass is 492 g/mol. The molecule has 0 saturated carbocycles. The Labute approximate surface area is 198 Å². The third-order valence-electron chi connectivity index (χ3n) is 6.33. The van der Waals surface area contributed by atoms with Crippen molar-refractivity contribution in [1.82, 2.24) is 0 Å². The molecule has 2 aliphatic heterocycles. The lowest BCUT2D eigenvalue weighted by Gasteiger charge is -2.38. The third kappa shape index (κ3) is 3.74. The maximum Gasteiger partial charge on any atom is 0.310 e. The Bertz CT molecular complexity index is 1050. The number of aliphatic hydroxyl groups excluding tert-OH is 1. The van der Waals surface area contributed by atoms with E-state index in [4.69, 9.17) is 23.7 Å². The number of aromatic hydroxyl groups is 1. The molecule has 2 aromatic rings. The summed E-state index contributed by atoms with van der Waals surface area (Å²) in [4.78, 5) is 13.0. The predicted molar refractivity (Wildman–Crippen MR) is 123 cm³/mol. The van der Waals surface area contributed by atoms with Crippen LogP contribution in [0.15, 0.2) is 24.3 Å². The van der Waals surface area contributed by atoms with E-state index in [0.29, 0.717) is 23.9 Å². The molecule has 33 heavy (non-hydrogen) atoms. The number of hydrogen-bond donors (Lipinski definition) is 2. The van der Waals surface area contributed by atoms with Crippen LogP contribution in [0.25, 0.3) is 0 Å². The molecule has 0 radical (unpaired) electrons. The van der Waals surface area contributed by atoms with Crippen LogP contribution < -0.4 is 18.9 Å². The van der Waals surface area contributed by atoms with Crippen molar-refractivity contribution in [3.63, 3.8) is 0 Å². The molecule has 0 unspecified atom stereocenters. The van der Waals surface area contributed by atoms with Crippen molar-refractivity contribution in [2.75, 3.05) is 40.0 Å². The van der Waals surface area contributed by atoms with Crippen LogP contribution in [0.5, 0.6) is 28.7 Å². The summed E-state index contributed by atoms with van der Waals surface area (Å²) in [5.41, 5.74) is 2.77. The van der Waals surface area contributed by atoms with Crippen LogP contribution in [0.2, 0.25) is 0 Å². The van der Waals surface area contributed by atoms with Gasteiger partial charge in [-0.2, -0.15) is 0 Å². The molecule has 0 bridgehead atoms. The fourth-order valence-electron chi connectivity index (χ4n) is 4.89. The van der Waals surface area contributed by atoms with Gasteiger partial charge in [-0.1, -0.05) is 21.6 Å². The second kappa shape index (κ2) is 9.08. The van der Waals surface area contributed by atoms with Gasteiger partial charge in [-0.25, -0.2) is 0 Å². The van der Waals surface area contributed by atoms with Crippen LogP contribution in [0, 0.1) is 11.8 Å². The normalized spacial score (nSPS) is 24.8. The van der Waals surface area contributed by atoms with Crippen molar-refractivity contribution in [3.8, 4) is 28.7 Å². The van der Waals surface area contributed by atoms with Gasteiger partial charge in [0, 0.05) is 22.8 Å². The highest BCUT2D eigenvalue weighted by atomic mass is 33.1. The Morgan fingerprint density at radius 2 is 1.70 bits per heavy atom. The van der Waals surface area contributed by atoms with Crippen molar-refractivity contribution in [3.05, 3.63) is 41.0 Å². The number of aliphatic hydroxyl groups is 1. The largest absolute Gasteiger partial charge is 0.502 e. The summed E-state index contributed by atoms with van der Waals surface area (Å²) in [5, 5.41) is 19.7. The Morgan fingerprint density at radius 3 is 2.33 bits per heavy atom. The first kappa shape index (κ1) is 22.4. The standard InChI is InChI=1S/C23H24O8S2/c1-27-17-5-11(6-18(28-2)21(17)25)19-12-7-15-16(31-10-30-15)8-13(12)22(33-32-4-3-24)14-9-29-23(26)20(14)19/h5-8,14,19-20,22,24-25H,3-4,9-10H2,1-2H3/t14-,19+,20-,22+/m0/s1. The minimum absolute atomic E-state index is 0.0281. The zero-order valence-electron chi connectivity index (χ0n) is 18.1. The Hall–Kier alpha value is -2.43. The van der Waals surface area contributed by atoms with Crippen LogP contribution in [0.1, 0.15) is 27.9 Å². The Balaban J connectivity index is 1.69. The van der Waals surface area contributed by atoms with Crippen molar-refractivity contribution < 1.29 is 38.7 Å². The number of carbonyl (C=O) groups excluding carboxylic acids is 1. The molecule has 1 aliphatic carbocycles. The minimum atomic E-state index is -0.427. The number of rotatable bonds is 7. The van der Waals surface area contributed by atoms with Crippen LogP contribution >= 0.6 is 21.6 Å². The maximum atomic E-state index is 13.0. The summed E-state index contributed by atoms with van der Waals surface area (Å²) in [7, 11) is 6.16. The molecule has 5 rings (SSSR count). The average Bonchev–Trinajstić information content (AvgIpc) is 3.44. The molecule has 3 aliphatic rings. The average molecular weight is 493 g/mol. The van der Waals surface area contributed by atoms with Gasteiger partial charge in [-0.3, -0.25) is 4.79 Å². The number of methoxy groups -OCH3 is 2. The fourth-order valence-corrected chi connectivity index (χ4v) is 7.59. The number of phenolic OH excluding ortho intramolecular Hbond substituents is 1. The zero-order chi connectivity index (χ0) is 23.1. The SMILES string of the molecule is COc1cc([C@@H]2c3cc4c(cc3[C@@H](SSCCO)[C@H]3COC(=O)[C@H]23)OCO4)cc(OC)c1O. The highest BCUT2D eigenvalue weighted by molar-refractivity contribution is 8.76. The van der Waals surface area contributed by atoms with Crippen molar-refractivity contribution in [2.24, 2.45) is 11.8 Å². The van der Waals surface area contributed by atoms with Gasteiger partial charge < -0.3 is 33.9 Å². The van der Waals surface area contributed by atoms with Gasteiger partial charge in [0.25, 0.3) is 0 Å². The van der Waals surface area contributed by atoms with Gasteiger partial charge in [0.2, 0.25) is 12.5 Å². The highest BCUT2D eigenvalue weighted by Gasteiger charge is 2.53. The lowest BCUT2D eigenvalue weighted by molar-refractivity contribution is -0.141. The summed E-state index contributed by atoms with van der Waals surface area (Å²) in [6, 6.07) is 7.43. The molecule has 4 atom stereocenters. The second-order valence-corrected chi connectivity index (χ2v) is 10.6. The second-order valence-electron chi connectivity index (χ2n) is 7.97. The van der Waals surface area contributed by atoms with Crippen molar-refractivity contribution in [2.45, 2.75) is 11.2 Å². The molecule has 10 heteroatoms. The number of phenols is 1. The van der Waals surface area contributed by atoms with Crippen LogP contribution in [0.4, 0.5) is 0 Å². The molecular weight excluding hydrogens is 468 g/mol. The van der Waals surface area contributed by atoms with Gasteiger partial charge >= 0.3 is 5.97 Å². The van der Waals surface area contributed by atoms with Crippen LogP contribution in [-0.2, 0) is 9.53 Å². The van der Waals surface area contributed by atoms with Gasteiger partial charge in [-0.05, 0) is 41.0 Å². The fraction of sp³-hybridized carbons (Fsp3) is 0.435. The quantitative estimate of drug-likeness (QED) is 0.339. The summed E-state index contributed by atoms with van der Waals surface area (Å²) in [6.45, 7) is 0.547. The first-order chi connectivity index (χ1) is 16.1. The van der Waals surface area contributed by atoms with Gasteiger partial charge in [0.15, 0.2) is 23.0 Å². The minimum Gasteiger partial charge on any atom is -0.502 e. The van der Waals surface area contributed by atoms with Crippen molar-refractivity contribution in [1.29, 1.82) is 0 Å². The van der Waals surface area contributed by atoms with Gasteiger partial charge in [0.05, 0.1) is 33.4 Å². The Morgan fingerprint density at radius 1 is 1.03 bits per heavy atom. The molecule has 1 saturated heterocycles. The first-order valence-electron chi connectivity index (χ1n) is 10.5. The Kier molecular flexibility index (Phi) is 6.15. The summed E-state index contributed by atoms with van der Waals surface area (Å²) in [5.74, 6) is 1.24. The van der Waals surface area contributed by atoms with E-state index >= 15 is 0 Å². The molecule has 2 heterocycles. The topological polar surface area (TPSA) is 104 Å². The van der Waals surface area contributed by atoms with E-state index < -0.39 is 5.92 Å².